The molecule has 0 unspecified atom stereocenters. The van der Waals surface area contributed by atoms with Crippen LogP contribution in [0.2, 0.25) is 0 Å². The van der Waals surface area contributed by atoms with Crippen molar-refractivity contribution in [3.63, 3.8) is 0 Å². The Hall–Kier alpha value is -0.360. The maximum absolute atomic E-state index is 5.36. The molecule has 3 nitrogen and oxygen atoms in total. The van der Waals surface area contributed by atoms with E-state index in [4.69, 9.17) is 10.5 Å². The molecule has 1 rings (SSSR count). The Morgan fingerprint density at radius 1 is 1.50 bits per heavy atom. The van der Waals surface area contributed by atoms with E-state index < -0.39 is 0 Å². The molecule has 0 saturated carbocycles. The van der Waals surface area contributed by atoms with Gasteiger partial charge >= 0.3 is 0 Å². The first kappa shape index (κ1) is 9.73. The number of hydrogen-bond acceptors (Lipinski definition) is 3. The third-order valence-corrected chi connectivity index (χ3v) is 1.96. The summed E-state index contributed by atoms with van der Waals surface area (Å²) in [5, 5.41) is 0. The molecular weight excluding hydrogens is 267 g/mol. The smallest absolute Gasteiger partial charge is 0.137 e. The fourth-order valence-corrected chi connectivity index (χ4v) is 1.04. The maximum atomic E-state index is 5.36. The molecule has 0 radical (unpaired) electrons. The standard InChI is InChI=1S/C8H11IN2O/c9-8-3-2-7(6-11-8)12-5-1-4-10/h2-3,6H,1,4-5,10H2. The SMILES string of the molecule is NCCCOc1ccc(I)nc1. The molecule has 0 aliphatic heterocycles. The number of hydrogen-bond donors (Lipinski definition) is 1. The van der Waals surface area contributed by atoms with Gasteiger partial charge in [0.2, 0.25) is 0 Å². The highest BCUT2D eigenvalue weighted by Gasteiger charge is 1.92. The monoisotopic (exact) mass is 278 g/mol. The van der Waals surface area contributed by atoms with Gasteiger partial charge in [0.1, 0.15) is 9.45 Å². The Morgan fingerprint density at radius 3 is 2.92 bits per heavy atom. The summed E-state index contributed by atoms with van der Waals surface area (Å²) in [5.41, 5.74) is 5.32. The second-order valence-corrected chi connectivity index (χ2v) is 3.41. The number of pyridine rings is 1. The van der Waals surface area contributed by atoms with Gasteiger partial charge in [0.05, 0.1) is 12.8 Å². The minimum atomic E-state index is 0.664. The molecule has 1 aromatic heterocycles. The average molecular weight is 278 g/mol. The van der Waals surface area contributed by atoms with Gasteiger partial charge < -0.3 is 10.5 Å². The summed E-state index contributed by atoms with van der Waals surface area (Å²) in [6.07, 6.45) is 2.60. The van der Waals surface area contributed by atoms with Crippen LogP contribution in [0, 0.1) is 3.70 Å². The van der Waals surface area contributed by atoms with Crippen LogP contribution in [0.1, 0.15) is 6.42 Å². The van der Waals surface area contributed by atoms with E-state index in [1.165, 1.54) is 0 Å². The molecule has 1 heterocycles. The predicted molar refractivity (Wildman–Crippen MR) is 56.1 cm³/mol. The van der Waals surface area contributed by atoms with Crippen LogP contribution in [0.4, 0.5) is 0 Å². The molecule has 0 atom stereocenters. The lowest BCUT2D eigenvalue weighted by atomic mass is 10.4. The Balaban J connectivity index is 2.37. The second kappa shape index (κ2) is 5.31. The zero-order chi connectivity index (χ0) is 8.81. The van der Waals surface area contributed by atoms with Crippen molar-refractivity contribution in [2.45, 2.75) is 6.42 Å². The Kier molecular flexibility index (Phi) is 4.31. The summed E-state index contributed by atoms with van der Waals surface area (Å²) in [4.78, 5) is 4.09. The molecule has 4 heteroatoms. The molecule has 0 spiro atoms. The first-order chi connectivity index (χ1) is 5.83. The molecular formula is C8H11IN2O. The number of aromatic nitrogens is 1. The minimum Gasteiger partial charge on any atom is -0.492 e. The molecule has 0 aliphatic rings. The van der Waals surface area contributed by atoms with Gasteiger partial charge in [0.15, 0.2) is 0 Å². The summed E-state index contributed by atoms with van der Waals surface area (Å²) in [7, 11) is 0. The summed E-state index contributed by atoms with van der Waals surface area (Å²) < 4.78 is 6.33. The van der Waals surface area contributed by atoms with Crippen molar-refractivity contribution < 1.29 is 4.74 Å². The molecule has 0 saturated heterocycles. The zero-order valence-electron chi connectivity index (χ0n) is 6.66. The van der Waals surface area contributed by atoms with Crippen molar-refractivity contribution in [2.24, 2.45) is 5.73 Å². The zero-order valence-corrected chi connectivity index (χ0v) is 8.82. The molecule has 12 heavy (non-hydrogen) atoms. The fraction of sp³-hybridized carbons (Fsp3) is 0.375. The highest BCUT2D eigenvalue weighted by molar-refractivity contribution is 14.1. The third kappa shape index (κ3) is 3.36. The lowest BCUT2D eigenvalue weighted by molar-refractivity contribution is 0.312. The van der Waals surface area contributed by atoms with Crippen LogP contribution in [-0.2, 0) is 0 Å². The van der Waals surface area contributed by atoms with E-state index >= 15 is 0 Å². The van der Waals surface area contributed by atoms with Crippen LogP contribution >= 0.6 is 22.6 Å². The van der Waals surface area contributed by atoms with E-state index in [-0.39, 0.29) is 0 Å². The third-order valence-electron chi connectivity index (χ3n) is 1.32. The Bertz CT molecular complexity index is 225. The Labute approximate surface area is 85.5 Å². The first-order valence-electron chi connectivity index (χ1n) is 3.77. The van der Waals surface area contributed by atoms with Crippen LogP contribution in [0.25, 0.3) is 0 Å². The normalized spacial score (nSPS) is 9.83. The van der Waals surface area contributed by atoms with E-state index in [1.54, 1.807) is 6.20 Å². The summed E-state index contributed by atoms with van der Waals surface area (Å²) in [5.74, 6) is 0.809. The number of nitrogens with two attached hydrogens (primary N) is 1. The highest BCUT2D eigenvalue weighted by Crippen LogP contribution is 2.10. The van der Waals surface area contributed by atoms with Crippen LogP contribution in [0.15, 0.2) is 18.3 Å². The van der Waals surface area contributed by atoms with Crippen molar-refractivity contribution in [3.8, 4) is 5.75 Å². The lowest BCUT2D eigenvalue weighted by Crippen LogP contribution is -2.06. The fourth-order valence-electron chi connectivity index (χ4n) is 0.721. The van der Waals surface area contributed by atoms with E-state index in [1.807, 2.05) is 12.1 Å². The van der Waals surface area contributed by atoms with Gasteiger partial charge in [0, 0.05) is 0 Å². The number of rotatable bonds is 4. The van der Waals surface area contributed by atoms with Crippen LogP contribution in [0.3, 0.4) is 0 Å². The molecule has 66 valence electrons. The van der Waals surface area contributed by atoms with E-state index in [0.29, 0.717) is 13.2 Å². The van der Waals surface area contributed by atoms with Gasteiger partial charge in [-0.25, -0.2) is 4.98 Å². The van der Waals surface area contributed by atoms with Gasteiger partial charge in [-0.3, -0.25) is 0 Å². The van der Waals surface area contributed by atoms with Crippen molar-refractivity contribution in [3.05, 3.63) is 22.0 Å². The molecule has 2 N–H and O–H groups in total. The summed E-state index contributed by atoms with van der Waals surface area (Å²) >= 11 is 2.15. The average Bonchev–Trinajstić information content (AvgIpc) is 2.09. The second-order valence-electron chi connectivity index (χ2n) is 2.31. The largest absolute Gasteiger partial charge is 0.492 e. The van der Waals surface area contributed by atoms with Crippen LogP contribution in [-0.4, -0.2) is 18.1 Å². The molecule has 0 aromatic carbocycles. The predicted octanol–water partition coefficient (Wildman–Crippen LogP) is 1.41. The van der Waals surface area contributed by atoms with Crippen molar-refractivity contribution in [1.29, 1.82) is 0 Å². The first-order valence-corrected chi connectivity index (χ1v) is 4.85. The van der Waals surface area contributed by atoms with Gasteiger partial charge in [-0.1, -0.05) is 0 Å². The van der Waals surface area contributed by atoms with E-state index in [9.17, 15) is 0 Å². The molecule has 0 aliphatic carbocycles. The molecule has 0 fully saturated rings. The van der Waals surface area contributed by atoms with E-state index in [0.717, 1.165) is 15.9 Å². The maximum Gasteiger partial charge on any atom is 0.137 e. The molecule has 0 amide bonds. The van der Waals surface area contributed by atoms with Gasteiger partial charge in [-0.15, -0.1) is 0 Å². The molecule has 1 aromatic rings. The Morgan fingerprint density at radius 2 is 2.33 bits per heavy atom. The van der Waals surface area contributed by atoms with Gasteiger partial charge in [0.25, 0.3) is 0 Å². The van der Waals surface area contributed by atoms with Gasteiger partial charge in [-0.05, 0) is 47.7 Å². The summed E-state index contributed by atoms with van der Waals surface area (Å²) in [6, 6.07) is 3.82. The summed E-state index contributed by atoms with van der Waals surface area (Å²) in [6.45, 7) is 1.33. The number of halogens is 1. The topological polar surface area (TPSA) is 48.1 Å². The quantitative estimate of drug-likeness (QED) is 0.514. The van der Waals surface area contributed by atoms with Crippen molar-refractivity contribution in [2.75, 3.05) is 13.2 Å². The minimum absolute atomic E-state index is 0.664. The highest BCUT2D eigenvalue weighted by atomic mass is 127. The number of ether oxygens (including phenoxy) is 1. The van der Waals surface area contributed by atoms with Crippen LogP contribution < -0.4 is 10.5 Å². The number of nitrogens with zero attached hydrogens (tertiary/aromatic N) is 1. The molecule has 0 bridgehead atoms. The van der Waals surface area contributed by atoms with E-state index in [2.05, 4.69) is 27.6 Å². The lowest BCUT2D eigenvalue weighted by Gasteiger charge is -2.03. The van der Waals surface area contributed by atoms with Crippen molar-refractivity contribution in [1.82, 2.24) is 4.98 Å². The van der Waals surface area contributed by atoms with Crippen LogP contribution in [0.5, 0.6) is 5.75 Å². The van der Waals surface area contributed by atoms with Gasteiger partial charge in [-0.2, -0.15) is 0 Å². The van der Waals surface area contributed by atoms with Crippen molar-refractivity contribution >= 4 is 22.6 Å².